The molecule has 0 heterocycles. The van der Waals surface area contributed by atoms with E-state index in [1.807, 2.05) is 48.6 Å². The number of aliphatic hydroxyl groups is 2. The number of ether oxygens (including phenoxy) is 1. The topological polar surface area (TPSA) is 95.9 Å². The van der Waals surface area contributed by atoms with Crippen LogP contribution in [0.15, 0.2) is 60.8 Å². The molecule has 0 aliphatic rings. The molecule has 0 rings (SSSR count). The summed E-state index contributed by atoms with van der Waals surface area (Å²) in [5.41, 5.74) is 0. The van der Waals surface area contributed by atoms with Gasteiger partial charge in [0.1, 0.15) is 6.10 Å². The highest BCUT2D eigenvalue weighted by molar-refractivity contribution is 5.77. The van der Waals surface area contributed by atoms with E-state index in [2.05, 4.69) is 38.2 Å². The second-order valence-corrected chi connectivity index (χ2v) is 19.1. The lowest BCUT2D eigenvalue weighted by Gasteiger charge is -2.24. The summed E-state index contributed by atoms with van der Waals surface area (Å²) < 4.78 is 5.91. The molecule has 0 aliphatic carbocycles. The molecule has 0 saturated carbocycles. The van der Waals surface area contributed by atoms with Gasteiger partial charge in [-0.05, 0) is 38.5 Å². The molecule has 0 aliphatic heterocycles. The van der Waals surface area contributed by atoms with Crippen molar-refractivity contribution in [2.24, 2.45) is 0 Å². The van der Waals surface area contributed by atoms with Crippen molar-refractivity contribution in [3.63, 3.8) is 0 Å². The average Bonchev–Trinajstić information content (AvgIpc) is 3.30. The van der Waals surface area contributed by atoms with Crippen LogP contribution in [0.25, 0.3) is 0 Å². The summed E-state index contributed by atoms with van der Waals surface area (Å²) in [6, 6.07) is -0.716. The van der Waals surface area contributed by atoms with Crippen LogP contribution in [0.4, 0.5) is 0 Å². The first-order valence-electron chi connectivity index (χ1n) is 28.1. The van der Waals surface area contributed by atoms with Gasteiger partial charge < -0.3 is 20.3 Å². The van der Waals surface area contributed by atoms with E-state index in [-0.39, 0.29) is 24.9 Å². The van der Waals surface area contributed by atoms with Gasteiger partial charge >= 0.3 is 5.97 Å². The number of allylic oxidation sites excluding steroid dienone is 10. The Kier molecular flexibility index (Phi) is 50.6. The molecule has 6 nitrogen and oxygen atoms in total. The largest absolute Gasteiger partial charge is 0.462 e. The van der Waals surface area contributed by atoms with Crippen LogP contribution >= 0.6 is 0 Å². The van der Waals surface area contributed by atoms with Crippen molar-refractivity contribution in [2.75, 3.05) is 6.61 Å². The first-order chi connectivity index (χ1) is 32.0. The van der Waals surface area contributed by atoms with E-state index in [1.54, 1.807) is 0 Å². The standard InChI is InChI=1S/C59H107NO5/c1-4-7-10-13-16-19-22-25-27-29-31-34-36-39-42-45-48-51-57(62)56(54-61)60-58(63)53-55(50-47-44-41-38-35-33-30-28-26-23-20-17-14-11-8-5-2)65-59(64)52-49-46-43-40-37-32-24-21-18-15-12-9-6-3/h9,12,15,18,21,24,32,37,40,43,55-57,61-62H,4-8,10-11,13-14,16-17,19-20,22-23,25-31,33-36,38-39,41-42,44-54H2,1-3H3,(H,60,63)/b12-9+,18-15+,24-21-,37-32-,43-40+. The highest BCUT2D eigenvalue weighted by Gasteiger charge is 2.24. The van der Waals surface area contributed by atoms with Crippen molar-refractivity contribution >= 4 is 11.9 Å². The molecule has 0 radical (unpaired) electrons. The maximum absolute atomic E-state index is 13.2. The van der Waals surface area contributed by atoms with Gasteiger partial charge in [0.25, 0.3) is 0 Å². The summed E-state index contributed by atoms with van der Waals surface area (Å²) in [7, 11) is 0. The van der Waals surface area contributed by atoms with Crippen molar-refractivity contribution in [2.45, 2.75) is 296 Å². The number of aliphatic hydroxyl groups excluding tert-OH is 2. The lowest BCUT2D eigenvalue weighted by atomic mass is 10.0. The lowest BCUT2D eigenvalue weighted by Crippen LogP contribution is -2.46. The van der Waals surface area contributed by atoms with Crippen LogP contribution in [0.5, 0.6) is 0 Å². The predicted molar refractivity (Wildman–Crippen MR) is 282 cm³/mol. The minimum absolute atomic E-state index is 0.0507. The van der Waals surface area contributed by atoms with Gasteiger partial charge in [-0.2, -0.15) is 0 Å². The molecule has 3 atom stereocenters. The molecule has 0 fully saturated rings. The fourth-order valence-electron chi connectivity index (χ4n) is 8.52. The van der Waals surface area contributed by atoms with Crippen LogP contribution in [0.2, 0.25) is 0 Å². The van der Waals surface area contributed by atoms with Gasteiger partial charge in [-0.3, -0.25) is 9.59 Å². The van der Waals surface area contributed by atoms with Gasteiger partial charge in [0.05, 0.1) is 25.2 Å². The first-order valence-corrected chi connectivity index (χ1v) is 28.1. The third-order valence-corrected chi connectivity index (χ3v) is 12.7. The van der Waals surface area contributed by atoms with Crippen LogP contribution < -0.4 is 5.32 Å². The number of rotatable bonds is 50. The van der Waals surface area contributed by atoms with Crippen molar-refractivity contribution in [3.8, 4) is 0 Å². The summed E-state index contributed by atoms with van der Waals surface area (Å²) in [5, 5.41) is 23.9. The third kappa shape index (κ3) is 47.8. The summed E-state index contributed by atoms with van der Waals surface area (Å²) in [4.78, 5) is 26.2. The van der Waals surface area contributed by atoms with Crippen LogP contribution in [0, 0.1) is 0 Å². The van der Waals surface area contributed by atoms with Crippen LogP contribution in [0.3, 0.4) is 0 Å². The molecular formula is C59H107NO5. The number of carbonyl (C=O) groups is 2. The monoisotopic (exact) mass is 910 g/mol. The minimum atomic E-state index is -0.801. The van der Waals surface area contributed by atoms with Gasteiger partial charge in [-0.1, -0.05) is 287 Å². The third-order valence-electron chi connectivity index (χ3n) is 12.7. The van der Waals surface area contributed by atoms with Gasteiger partial charge in [-0.25, -0.2) is 0 Å². The Balaban J connectivity index is 4.59. The smallest absolute Gasteiger partial charge is 0.306 e. The average molecular weight is 911 g/mol. The number of esters is 1. The van der Waals surface area contributed by atoms with E-state index in [0.29, 0.717) is 25.7 Å². The highest BCUT2D eigenvalue weighted by Crippen LogP contribution is 2.19. The van der Waals surface area contributed by atoms with Gasteiger partial charge in [-0.15, -0.1) is 0 Å². The lowest BCUT2D eigenvalue weighted by molar-refractivity contribution is -0.151. The van der Waals surface area contributed by atoms with Gasteiger partial charge in [0, 0.05) is 6.42 Å². The molecule has 6 heteroatoms. The summed E-state index contributed by atoms with van der Waals surface area (Å²) in [5.74, 6) is -0.552. The molecule has 0 spiro atoms. The zero-order chi connectivity index (χ0) is 47.4. The van der Waals surface area contributed by atoms with E-state index >= 15 is 0 Å². The SMILES string of the molecule is CC/C=C/C=C/C=C\C=C/C=C/CCCC(=O)OC(CCCCCCCCCCCCCCCCCC)CC(=O)NC(CO)C(O)CCCCCCCCCCCCCCCCCCC. The maximum atomic E-state index is 13.2. The Hall–Kier alpha value is -2.44. The minimum Gasteiger partial charge on any atom is -0.462 e. The zero-order valence-electron chi connectivity index (χ0n) is 43.1. The highest BCUT2D eigenvalue weighted by atomic mass is 16.5. The molecule has 0 saturated heterocycles. The van der Waals surface area contributed by atoms with Gasteiger partial charge in [0.15, 0.2) is 0 Å². The molecule has 0 aromatic heterocycles. The number of nitrogens with one attached hydrogen (secondary N) is 1. The molecule has 0 aromatic carbocycles. The van der Waals surface area contributed by atoms with E-state index in [4.69, 9.17) is 4.74 Å². The Morgan fingerprint density at radius 2 is 0.815 bits per heavy atom. The Labute approximate surface area is 403 Å². The fourth-order valence-corrected chi connectivity index (χ4v) is 8.52. The van der Waals surface area contributed by atoms with E-state index in [0.717, 1.165) is 51.4 Å². The first kappa shape index (κ1) is 62.6. The van der Waals surface area contributed by atoms with Crippen LogP contribution in [-0.2, 0) is 14.3 Å². The fraction of sp³-hybridized carbons (Fsp3) is 0.797. The maximum Gasteiger partial charge on any atom is 0.306 e. The van der Waals surface area contributed by atoms with Crippen molar-refractivity contribution in [3.05, 3.63) is 60.8 Å². The molecule has 0 aromatic rings. The zero-order valence-corrected chi connectivity index (χ0v) is 43.1. The number of carbonyl (C=O) groups excluding carboxylic acids is 2. The number of hydrogen-bond donors (Lipinski definition) is 3. The Morgan fingerprint density at radius 1 is 0.462 bits per heavy atom. The van der Waals surface area contributed by atoms with Crippen molar-refractivity contribution in [1.82, 2.24) is 5.32 Å². The quantitative estimate of drug-likeness (QED) is 0.0321. The Bertz CT molecular complexity index is 1160. The number of unbranched alkanes of at least 4 members (excludes halogenated alkanes) is 32. The molecule has 0 bridgehead atoms. The molecule has 65 heavy (non-hydrogen) atoms. The number of hydrogen-bond acceptors (Lipinski definition) is 5. The molecule has 3 N–H and O–H groups in total. The van der Waals surface area contributed by atoms with Crippen LogP contribution in [-0.4, -0.2) is 46.9 Å². The molecule has 1 amide bonds. The van der Waals surface area contributed by atoms with Crippen molar-refractivity contribution in [1.29, 1.82) is 0 Å². The second kappa shape index (κ2) is 52.5. The molecule has 378 valence electrons. The normalized spacial score (nSPS) is 13.6. The summed E-state index contributed by atoms with van der Waals surface area (Å²) in [6.45, 7) is 6.35. The number of amides is 1. The van der Waals surface area contributed by atoms with Gasteiger partial charge in [0.2, 0.25) is 5.91 Å². The van der Waals surface area contributed by atoms with Crippen LogP contribution in [0.1, 0.15) is 278 Å². The van der Waals surface area contributed by atoms with Crippen molar-refractivity contribution < 1.29 is 24.5 Å². The predicted octanol–water partition coefficient (Wildman–Crippen LogP) is 17.2. The van der Waals surface area contributed by atoms with E-state index in [1.165, 1.54) is 173 Å². The summed E-state index contributed by atoms with van der Waals surface area (Å²) >= 11 is 0. The molecular weight excluding hydrogens is 803 g/mol. The summed E-state index contributed by atoms with van der Waals surface area (Å²) in [6.07, 6.45) is 65.8. The second-order valence-electron chi connectivity index (χ2n) is 19.1. The van der Waals surface area contributed by atoms with E-state index in [9.17, 15) is 19.8 Å². The molecule has 3 unspecified atom stereocenters. The van der Waals surface area contributed by atoms with E-state index < -0.39 is 18.2 Å². The Morgan fingerprint density at radius 3 is 1.20 bits per heavy atom.